The summed E-state index contributed by atoms with van der Waals surface area (Å²) in [6.45, 7) is 0.252. The van der Waals surface area contributed by atoms with E-state index < -0.39 is 11.8 Å². The van der Waals surface area contributed by atoms with Crippen molar-refractivity contribution in [3.8, 4) is 11.5 Å². The number of anilines is 1. The maximum atomic E-state index is 13.0. The molecule has 1 aliphatic heterocycles. The highest BCUT2D eigenvalue weighted by Gasteiger charge is 2.34. The van der Waals surface area contributed by atoms with Crippen molar-refractivity contribution in [3.05, 3.63) is 92.9 Å². The molecule has 162 valence electrons. The minimum Gasteiger partial charge on any atom is -0.493 e. The molecule has 4 rings (SSSR count). The van der Waals surface area contributed by atoms with Crippen molar-refractivity contribution in [2.45, 2.75) is 6.61 Å². The third-order valence-corrected chi connectivity index (χ3v) is 5.48. The summed E-state index contributed by atoms with van der Waals surface area (Å²) in [6.07, 6.45) is 1.51. The third kappa shape index (κ3) is 4.64. The number of para-hydroxylation sites is 1. The van der Waals surface area contributed by atoms with Crippen LogP contribution in [-0.2, 0) is 16.2 Å². The molecule has 1 saturated heterocycles. The highest BCUT2D eigenvalue weighted by atomic mass is 79.9. The van der Waals surface area contributed by atoms with E-state index in [-0.39, 0.29) is 12.2 Å². The van der Waals surface area contributed by atoms with Crippen LogP contribution in [0.15, 0.2) is 76.8 Å². The maximum absolute atomic E-state index is 13.0. The van der Waals surface area contributed by atoms with E-state index in [9.17, 15) is 9.59 Å². The van der Waals surface area contributed by atoms with Gasteiger partial charge in [0.1, 0.15) is 12.2 Å². The normalized spacial score (nSPS) is 14.6. The average molecular weight is 514 g/mol. The molecular formula is C24H18BrClN2O4. The molecular weight excluding hydrogens is 496 g/mol. The minimum absolute atomic E-state index is 0.00894. The average Bonchev–Trinajstić information content (AvgIpc) is 3.08. The van der Waals surface area contributed by atoms with Crippen LogP contribution in [0.5, 0.6) is 11.5 Å². The van der Waals surface area contributed by atoms with Crippen LogP contribution in [0, 0.1) is 0 Å². The van der Waals surface area contributed by atoms with E-state index in [4.69, 9.17) is 21.1 Å². The van der Waals surface area contributed by atoms with Gasteiger partial charge < -0.3 is 9.47 Å². The second-order valence-electron chi connectivity index (χ2n) is 6.92. The lowest BCUT2D eigenvalue weighted by molar-refractivity contribution is -0.117. The zero-order chi connectivity index (χ0) is 22.7. The van der Waals surface area contributed by atoms with E-state index in [1.54, 1.807) is 48.5 Å². The van der Waals surface area contributed by atoms with E-state index >= 15 is 0 Å². The van der Waals surface area contributed by atoms with Crippen molar-refractivity contribution in [2.24, 2.45) is 0 Å². The molecule has 2 amide bonds. The van der Waals surface area contributed by atoms with E-state index in [1.807, 2.05) is 18.2 Å². The first-order chi connectivity index (χ1) is 15.5. The monoisotopic (exact) mass is 512 g/mol. The van der Waals surface area contributed by atoms with Crippen molar-refractivity contribution in [1.82, 2.24) is 5.43 Å². The molecule has 3 aromatic carbocycles. The Morgan fingerprint density at radius 1 is 1.06 bits per heavy atom. The number of halogens is 2. The number of carbonyl (C=O) groups excluding carboxylic acids is 2. The number of hydrazine groups is 1. The zero-order valence-electron chi connectivity index (χ0n) is 17.0. The first-order valence-electron chi connectivity index (χ1n) is 9.63. The van der Waals surface area contributed by atoms with Crippen LogP contribution < -0.4 is 19.9 Å². The molecule has 0 spiro atoms. The molecule has 0 saturated carbocycles. The van der Waals surface area contributed by atoms with Gasteiger partial charge in [0.15, 0.2) is 11.5 Å². The number of carbonyl (C=O) groups is 2. The number of amides is 2. The zero-order valence-corrected chi connectivity index (χ0v) is 19.3. The van der Waals surface area contributed by atoms with Crippen LogP contribution in [-0.4, -0.2) is 18.9 Å². The van der Waals surface area contributed by atoms with E-state index in [1.165, 1.54) is 18.2 Å². The molecule has 32 heavy (non-hydrogen) atoms. The smallest absolute Gasteiger partial charge is 0.282 e. The number of nitrogens with zero attached hydrogens (tertiary/aromatic N) is 1. The van der Waals surface area contributed by atoms with Gasteiger partial charge in [-0.05, 0) is 48.0 Å². The molecule has 1 heterocycles. The van der Waals surface area contributed by atoms with E-state index in [2.05, 4.69) is 21.4 Å². The fraction of sp³-hybridized carbons (Fsp3) is 0.0833. The molecule has 0 radical (unpaired) electrons. The summed E-state index contributed by atoms with van der Waals surface area (Å²) in [5, 5.41) is 1.85. The quantitative estimate of drug-likeness (QED) is 0.366. The number of hydrogen-bond donors (Lipinski definition) is 1. The highest BCUT2D eigenvalue weighted by Crippen LogP contribution is 2.37. The Morgan fingerprint density at radius 2 is 1.78 bits per heavy atom. The Bertz CT molecular complexity index is 1200. The number of hydrogen-bond acceptors (Lipinski definition) is 4. The Kier molecular flexibility index (Phi) is 6.48. The van der Waals surface area contributed by atoms with Crippen LogP contribution >= 0.6 is 27.5 Å². The molecule has 1 N–H and O–H groups in total. The SMILES string of the molecule is COc1cc(Br)cc(/C=C2\C(=O)NN(c3ccccc3)C2=O)c1OCc1ccc(Cl)cc1. The van der Waals surface area contributed by atoms with Crippen molar-refractivity contribution < 1.29 is 19.1 Å². The van der Waals surface area contributed by atoms with Gasteiger partial charge >= 0.3 is 0 Å². The summed E-state index contributed by atoms with van der Waals surface area (Å²) in [4.78, 5) is 25.6. The largest absolute Gasteiger partial charge is 0.493 e. The second-order valence-corrected chi connectivity index (χ2v) is 8.27. The van der Waals surface area contributed by atoms with Gasteiger partial charge in [-0.25, -0.2) is 5.01 Å². The van der Waals surface area contributed by atoms with Crippen LogP contribution in [0.2, 0.25) is 5.02 Å². The lowest BCUT2D eigenvalue weighted by atomic mass is 10.1. The Hall–Kier alpha value is -3.29. The summed E-state index contributed by atoms with van der Waals surface area (Å²) in [5.74, 6) is -0.0758. The summed E-state index contributed by atoms with van der Waals surface area (Å²) >= 11 is 9.39. The summed E-state index contributed by atoms with van der Waals surface area (Å²) < 4.78 is 12.2. The van der Waals surface area contributed by atoms with Crippen LogP contribution in [0.3, 0.4) is 0 Å². The Labute approximate surface area is 198 Å². The van der Waals surface area contributed by atoms with Crippen molar-refractivity contribution in [3.63, 3.8) is 0 Å². The van der Waals surface area contributed by atoms with Gasteiger partial charge in [0, 0.05) is 15.1 Å². The van der Waals surface area contributed by atoms with Gasteiger partial charge in [0.05, 0.1) is 12.8 Å². The first-order valence-corrected chi connectivity index (χ1v) is 10.8. The van der Waals surface area contributed by atoms with Gasteiger partial charge in [-0.2, -0.15) is 0 Å². The standard InChI is InChI=1S/C24H18BrClN2O4/c1-31-21-13-17(25)11-16(22(21)32-14-15-7-9-18(26)10-8-15)12-20-23(29)27-28(24(20)30)19-5-3-2-4-6-19/h2-13H,14H2,1H3,(H,27,29)/b20-12+. The van der Waals surface area contributed by atoms with Gasteiger partial charge in [-0.3, -0.25) is 15.0 Å². The molecule has 1 fully saturated rings. The van der Waals surface area contributed by atoms with Crippen LogP contribution in [0.25, 0.3) is 6.08 Å². The molecule has 0 bridgehead atoms. The topological polar surface area (TPSA) is 67.9 Å². The molecule has 0 unspecified atom stereocenters. The molecule has 8 heteroatoms. The van der Waals surface area contributed by atoms with Crippen LogP contribution in [0.1, 0.15) is 11.1 Å². The number of benzene rings is 3. The predicted molar refractivity (Wildman–Crippen MR) is 127 cm³/mol. The predicted octanol–water partition coefficient (Wildman–Crippen LogP) is 5.15. The lowest BCUT2D eigenvalue weighted by Gasteiger charge is -2.15. The number of methoxy groups -OCH3 is 1. The highest BCUT2D eigenvalue weighted by molar-refractivity contribution is 9.10. The molecule has 0 aromatic heterocycles. The van der Waals surface area contributed by atoms with Crippen molar-refractivity contribution in [1.29, 1.82) is 0 Å². The first kappa shape index (κ1) is 21.9. The molecule has 3 aromatic rings. The van der Waals surface area contributed by atoms with Crippen molar-refractivity contribution in [2.75, 3.05) is 12.1 Å². The minimum atomic E-state index is -0.499. The summed E-state index contributed by atoms with van der Waals surface area (Å²) in [6, 6.07) is 19.7. The fourth-order valence-corrected chi connectivity index (χ4v) is 3.79. The molecule has 1 aliphatic rings. The van der Waals surface area contributed by atoms with E-state index in [0.717, 1.165) is 5.56 Å². The maximum Gasteiger partial charge on any atom is 0.282 e. The lowest BCUT2D eigenvalue weighted by Crippen LogP contribution is -2.35. The fourth-order valence-electron chi connectivity index (χ4n) is 3.21. The molecule has 6 nitrogen and oxygen atoms in total. The third-order valence-electron chi connectivity index (χ3n) is 4.77. The Balaban J connectivity index is 1.68. The van der Waals surface area contributed by atoms with Crippen LogP contribution in [0.4, 0.5) is 5.69 Å². The van der Waals surface area contributed by atoms with Gasteiger partial charge in [-0.15, -0.1) is 0 Å². The number of nitrogens with one attached hydrogen (secondary N) is 1. The summed E-state index contributed by atoms with van der Waals surface area (Å²) in [5.41, 5.74) is 4.59. The summed E-state index contributed by atoms with van der Waals surface area (Å²) in [7, 11) is 1.53. The van der Waals surface area contributed by atoms with Gasteiger partial charge in [-0.1, -0.05) is 57.9 Å². The van der Waals surface area contributed by atoms with Crippen molar-refractivity contribution >= 4 is 51.1 Å². The van der Waals surface area contributed by atoms with E-state index in [0.29, 0.717) is 32.2 Å². The molecule has 0 aliphatic carbocycles. The number of rotatable bonds is 6. The van der Waals surface area contributed by atoms with Gasteiger partial charge in [0.25, 0.3) is 11.8 Å². The second kappa shape index (κ2) is 9.46. The Morgan fingerprint density at radius 3 is 2.47 bits per heavy atom. The van der Waals surface area contributed by atoms with Gasteiger partial charge in [0.2, 0.25) is 0 Å². The number of ether oxygens (including phenoxy) is 2. The molecule has 0 atom stereocenters.